The van der Waals surface area contributed by atoms with Crippen LogP contribution in [0.25, 0.3) is 12.2 Å². The van der Waals surface area contributed by atoms with Crippen LogP contribution in [-0.4, -0.2) is 11.3 Å². The zero-order valence-corrected chi connectivity index (χ0v) is 30.6. The van der Waals surface area contributed by atoms with Gasteiger partial charge in [-0.25, -0.2) is 0 Å². The Morgan fingerprint density at radius 1 is 0.700 bits per heavy atom. The molecule has 50 heavy (non-hydrogen) atoms. The van der Waals surface area contributed by atoms with E-state index in [9.17, 15) is 0 Å². The molecular formula is C46H46O2P2. The van der Waals surface area contributed by atoms with Crippen molar-refractivity contribution in [3.63, 3.8) is 0 Å². The molecule has 0 radical (unpaired) electrons. The highest BCUT2D eigenvalue weighted by Gasteiger charge is 2.50. The molecule has 8 rings (SSSR count). The first-order valence-electron chi connectivity index (χ1n) is 18.4. The van der Waals surface area contributed by atoms with Crippen LogP contribution in [0.2, 0.25) is 0 Å². The summed E-state index contributed by atoms with van der Waals surface area (Å²) >= 11 is 0. The predicted octanol–water partition coefficient (Wildman–Crippen LogP) is 9.24. The standard InChI is InChI=1S/C46H46O2P2/c1-34-17-16-26-40(33-34)50(48,39-20-6-2-3-7-21-39)44-32-30-36-19-13-15-28-42(36)46(44)45-41-27-14-12-18-35(41)29-31-43(45)49(47,37-22-8-4-9-23-37)38-24-10-5-11-25-38/h2-4,6,8-10,12,14,16-24,26-33,35,38,41,43,45H,5,7,11,13,15,25H2,1H3. The van der Waals surface area contributed by atoms with Crippen molar-refractivity contribution in [3.05, 3.63) is 173 Å². The van der Waals surface area contributed by atoms with Gasteiger partial charge in [-0.3, -0.25) is 0 Å². The molecule has 5 aliphatic carbocycles. The molecule has 0 fully saturated rings. The van der Waals surface area contributed by atoms with Crippen LogP contribution in [0.3, 0.4) is 0 Å². The van der Waals surface area contributed by atoms with Gasteiger partial charge in [-0.2, -0.15) is 0 Å². The van der Waals surface area contributed by atoms with Gasteiger partial charge in [0.15, 0.2) is 7.14 Å². The van der Waals surface area contributed by atoms with Crippen LogP contribution in [0.5, 0.6) is 0 Å². The van der Waals surface area contributed by atoms with E-state index in [2.05, 4.69) is 134 Å². The molecule has 4 heteroatoms. The smallest absolute Gasteiger partial charge is 0.171 e. The number of allylic oxidation sites excluding steroid dienone is 14. The number of rotatable bonds is 7. The third-order valence-electron chi connectivity index (χ3n) is 11.4. The molecule has 2 nitrogen and oxygen atoms in total. The van der Waals surface area contributed by atoms with Gasteiger partial charge in [0.1, 0.15) is 7.14 Å². The Kier molecular flexibility index (Phi) is 9.28. The predicted molar refractivity (Wildman–Crippen MR) is 214 cm³/mol. The molecule has 7 atom stereocenters. The van der Waals surface area contributed by atoms with Gasteiger partial charge < -0.3 is 9.13 Å². The SMILES string of the molecule is Cc1cccc(P(=O)(C2=CCC=CC=C2)c2ccc3c(c2C2C4C=CC=CC4C=CC2P(=O)(c2ccccc2)C2C=CCCC2)=CCCC=3)c1. The van der Waals surface area contributed by atoms with Crippen LogP contribution in [0.1, 0.15) is 55.6 Å². The summed E-state index contributed by atoms with van der Waals surface area (Å²) in [5.74, 6) is 0.0987. The summed E-state index contributed by atoms with van der Waals surface area (Å²) in [7, 11) is -6.52. The van der Waals surface area contributed by atoms with Crippen molar-refractivity contribution in [3.8, 4) is 0 Å². The lowest BCUT2D eigenvalue weighted by Gasteiger charge is -2.45. The number of benzene rings is 3. The van der Waals surface area contributed by atoms with Gasteiger partial charge >= 0.3 is 0 Å². The number of aryl methyl sites for hydroxylation is 1. The van der Waals surface area contributed by atoms with Gasteiger partial charge in [-0.1, -0.05) is 151 Å². The molecule has 0 amide bonds. The maximum Gasteiger partial charge on any atom is 0.171 e. The molecule has 0 spiro atoms. The Hall–Kier alpha value is -3.96. The van der Waals surface area contributed by atoms with Gasteiger partial charge in [0, 0.05) is 44.4 Å². The Morgan fingerprint density at radius 2 is 1.54 bits per heavy atom. The Bertz CT molecular complexity index is 2230. The molecular weight excluding hydrogens is 646 g/mol. The van der Waals surface area contributed by atoms with Crippen molar-refractivity contribution in [2.24, 2.45) is 11.8 Å². The first kappa shape index (κ1) is 33.2. The molecule has 0 heterocycles. The summed E-state index contributed by atoms with van der Waals surface area (Å²) in [4.78, 5) is 0. The van der Waals surface area contributed by atoms with Gasteiger partial charge in [0.25, 0.3) is 0 Å². The van der Waals surface area contributed by atoms with Crippen molar-refractivity contribution in [1.82, 2.24) is 0 Å². The fourth-order valence-corrected chi connectivity index (χ4v) is 16.1. The van der Waals surface area contributed by atoms with E-state index >= 15 is 9.13 Å². The third-order valence-corrected chi connectivity index (χ3v) is 18.4. The first-order chi connectivity index (χ1) is 24.5. The average molecular weight is 693 g/mol. The zero-order chi connectivity index (χ0) is 34.1. The highest BCUT2D eigenvalue weighted by Crippen LogP contribution is 2.65. The number of hydrogen-bond donors (Lipinski definition) is 0. The van der Waals surface area contributed by atoms with Gasteiger partial charge in [0.05, 0.1) is 0 Å². The summed E-state index contributed by atoms with van der Waals surface area (Å²) < 4.78 is 33.1. The highest BCUT2D eigenvalue weighted by molar-refractivity contribution is 7.82. The quantitative estimate of drug-likeness (QED) is 0.183. The average Bonchev–Trinajstić information content (AvgIpc) is 3.47. The Morgan fingerprint density at radius 3 is 2.38 bits per heavy atom. The van der Waals surface area contributed by atoms with Crippen molar-refractivity contribution in [2.75, 3.05) is 0 Å². The minimum atomic E-state index is -3.40. The molecule has 252 valence electrons. The molecule has 0 bridgehead atoms. The van der Waals surface area contributed by atoms with Crippen molar-refractivity contribution in [1.29, 1.82) is 0 Å². The summed E-state index contributed by atoms with van der Waals surface area (Å²) in [5, 5.41) is 5.96. The molecule has 0 aliphatic heterocycles. The van der Waals surface area contributed by atoms with Crippen LogP contribution in [0.4, 0.5) is 0 Å². The fourth-order valence-electron chi connectivity index (χ4n) is 9.06. The van der Waals surface area contributed by atoms with Crippen molar-refractivity contribution in [2.45, 2.75) is 62.7 Å². The van der Waals surface area contributed by atoms with Crippen LogP contribution in [-0.2, 0) is 9.13 Å². The second-order valence-corrected chi connectivity index (χ2v) is 20.3. The van der Waals surface area contributed by atoms with E-state index in [4.69, 9.17) is 0 Å². The van der Waals surface area contributed by atoms with Crippen LogP contribution < -0.4 is 26.4 Å². The van der Waals surface area contributed by atoms with Crippen molar-refractivity contribution < 1.29 is 9.13 Å². The lowest BCUT2D eigenvalue weighted by atomic mass is 9.70. The molecule has 5 aliphatic rings. The van der Waals surface area contributed by atoms with Crippen LogP contribution in [0, 0.1) is 18.8 Å². The lowest BCUT2D eigenvalue weighted by Crippen LogP contribution is -2.46. The summed E-state index contributed by atoms with van der Waals surface area (Å²) in [5.41, 5.74) is 1.92. The molecule has 7 unspecified atom stereocenters. The molecule has 3 aromatic rings. The largest absolute Gasteiger partial charge is 0.317 e. The van der Waals surface area contributed by atoms with E-state index in [1.807, 2.05) is 30.3 Å². The van der Waals surface area contributed by atoms with E-state index in [0.29, 0.717) is 0 Å². The van der Waals surface area contributed by atoms with Gasteiger partial charge in [-0.05, 0) is 79.5 Å². The van der Waals surface area contributed by atoms with Gasteiger partial charge in [0.2, 0.25) is 0 Å². The third kappa shape index (κ3) is 5.76. The maximum absolute atomic E-state index is 16.6. The number of hydrogen-bond acceptors (Lipinski definition) is 2. The van der Waals surface area contributed by atoms with E-state index < -0.39 is 14.3 Å². The van der Waals surface area contributed by atoms with Gasteiger partial charge in [-0.15, -0.1) is 0 Å². The van der Waals surface area contributed by atoms with E-state index in [-0.39, 0.29) is 29.1 Å². The monoisotopic (exact) mass is 692 g/mol. The van der Waals surface area contributed by atoms with E-state index in [1.165, 1.54) is 10.4 Å². The molecule has 0 N–H and O–H groups in total. The van der Waals surface area contributed by atoms with Crippen LogP contribution >= 0.6 is 14.3 Å². The van der Waals surface area contributed by atoms with E-state index in [0.717, 1.165) is 70.9 Å². The van der Waals surface area contributed by atoms with E-state index in [1.54, 1.807) is 0 Å². The molecule has 0 aromatic heterocycles. The van der Waals surface area contributed by atoms with Crippen molar-refractivity contribution >= 4 is 42.3 Å². The number of fused-ring (bicyclic) bond motifs is 2. The minimum absolute atomic E-state index is 0.0452. The Balaban J connectivity index is 1.47. The normalized spacial score (nSPS) is 27.5. The van der Waals surface area contributed by atoms with Crippen LogP contribution in [0.15, 0.2) is 151 Å². The topological polar surface area (TPSA) is 34.1 Å². The summed E-state index contributed by atoms with van der Waals surface area (Å²) in [6.45, 7) is 2.09. The maximum atomic E-state index is 16.6. The summed E-state index contributed by atoms with van der Waals surface area (Å²) in [6, 6.07) is 23.0. The molecule has 3 aromatic carbocycles. The minimum Gasteiger partial charge on any atom is -0.317 e. The lowest BCUT2D eigenvalue weighted by molar-refractivity contribution is 0.420. The molecule has 0 saturated carbocycles. The molecule has 0 saturated heterocycles. The zero-order valence-electron chi connectivity index (χ0n) is 28.9. The highest BCUT2D eigenvalue weighted by atomic mass is 31.2. The summed E-state index contributed by atoms with van der Waals surface area (Å²) in [6.07, 6.45) is 38.9. The fraction of sp³-hybridized carbons (Fsp3) is 0.261. The second-order valence-electron chi connectivity index (χ2n) is 14.4. The second kappa shape index (κ2) is 14.0. The first-order valence-corrected chi connectivity index (χ1v) is 21.9. The Labute approximate surface area is 297 Å².